The second-order valence-electron chi connectivity index (χ2n) is 3.92. The third kappa shape index (κ3) is 1.80. The maximum atomic E-state index is 12.0. The van der Waals surface area contributed by atoms with Crippen molar-refractivity contribution in [3.63, 3.8) is 0 Å². The van der Waals surface area contributed by atoms with Gasteiger partial charge in [-0.2, -0.15) is 0 Å². The fourth-order valence-corrected chi connectivity index (χ4v) is 1.82. The first-order valence-corrected chi connectivity index (χ1v) is 5.25. The summed E-state index contributed by atoms with van der Waals surface area (Å²) in [4.78, 5) is 30.5. The molecule has 0 bridgehead atoms. The van der Waals surface area contributed by atoms with Crippen LogP contribution in [0.5, 0.6) is 0 Å². The number of aryl methyl sites for hydroxylation is 1. The van der Waals surface area contributed by atoms with Crippen LogP contribution in [0.1, 0.15) is 11.4 Å². The van der Waals surface area contributed by atoms with Crippen molar-refractivity contribution in [3.8, 4) is 0 Å². The van der Waals surface area contributed by atoms with E-state index in [1.54, 1.807) is 12.1 Å². The summed E-state index contributed by atoms with van der Waals surface area (Å²) in [5.41, 5.74) is 1.19. The van der Waals surface area contributed by atoms with Crippen LogP contribution < -0.4 is 11.2 Å². The van der Waals surface area contributed by atoms with Gasteiger partial charge in [0.2, 0.25) is 0 Å². The number of fused-ring (bicyclic) bond motifs is 1. The highest BCUT2D eigenvalue weighted by atomic mass is 16.2. The number of aromatic nitrogens is 3. The molecule has 0 spiro atoms. The second kappa shape index (κ2) is 4.01. The van der Waals surface area contributed by atoms with E-state index in [4.69, 9.17) is 0 Å². The molecule has 5 heteroatoms. The van der Waals surface area contributed by atoms with Crippen LogP contribution in [0, 0.1) is 6.92 Å². The number of allylic oxidation sites excluding steroid dienone is 1. The molecule has 0 unspecified atom stereocenters. The molecular weight excluding hydrogens is 218 g/mol. The van der Waals surface area contributed by atoms with Gasteiger partial charge in [0.15, 0.2) is 0 Å². The number of aromatic amines is 1. The number of nitrogens with zero attached hydrogens (tertiary/aromatic N) is 2. The second-order valence-corrected chi connectivity index (χ2v) is 3.92. The van der Waals surface area contributed by atoms with E-state index in [0.717, 1.165) is 10.3 Å². The SMILES string of the molecule is C=CCc1nc(C)cc2[nH]c(=O)n(C)c(=O)c12. The first kappa shape index (κ1) is 11.3. The van der Waals surface area contributed by atoms with Crippen LogP contribution >= 0.6 is 0 Å². The standard InChI is InChI=1S/C12H13N3O2/c1-4-5-8-10-9(6-7(2)13-8)14-12(17)15(3)11(10)16/h4,6H,1,5H2,2-3H3,(H,14,17). The predicted octanol–water partition coefficient (Wildman–Crippen LogP) is 0.659. The van der Waals surface area contributed by atoms with E-state index >= 15 is 0 Å². The topological polar surface area (TPSA) is 67.8 Å². The van der Waals surface area contributed by atoms with E-state index in [1.807, 2.05) is 6.92 Å². The Kier molecular flexibility index (Phi) is 2.67. The molecule has 0 fully saturated rings. The predicted molar refractivity (Wildman–Crippen MR) is 66.2 cm³/mol. The number of hydrogen-bond acceptors (Lipinski definition) is 3. The summed E-state index contributed by atoms with van der Waals surface area (Å²) in [5.74, 6) is 0. The van der Waals surface area contributed by atoms with Crippen LogP contribution in [0.3, 0.4) is 0 Å². The molecule has 2 aromatic heterocycles. The molecule has 0 aliphatic heterocycles. The highest BCUT2D eigenvalue weighted by Gasteiger charge is 2.10. The van der Waals surface area contributed by atoms with Gasteiger partial charge in [-0.15, -0.1) is 6.58 Å². The lowest BCUT2D eigenvalue weighted by Crippen LogP contribution is -2.33. The number of rotatable bonds is 2. The molecule has 0 saturated carbocycles. The monoisotopic (exact) mass is 231 g/mol. The molecule has 0 aliphatic rings. The summed E-state index contributed by atoms with van der Waals surface area (Å²) in [5, 5.41) is 0.456. The van der Waals surface area contributed by atoms with Crippen LogP contribution in [0.2, 0.25) is 0 Å². The molecule has 0 radical (unpaired) electrons. The quantitative estimate of drug-likeness (QED) is 0.772. The minimum absolute atomic E-state index is 0.326. The van der Waals surface area contributed by atoms with Gasteiger partial charge in [-0.1, -0.05) is 6.08 Å². The molecule has 88 valence electrons. The van der Waals surface area contributed by atoms with Crippen molar-refractivity contribution >= 4 is 10.9 Å². The lowest BCUT2D eigenvalue weighted by atomic mass is 10.1. The molecule has 0 aliphatic carbocycles. The molecule has 2 heterocycles. The Morgan fingerprint density at radius 3 is 2.88 bits per heavy atom. The van der Waals surface area contributed by atoms with Crippen molar-refractivity contribution < 1.29 is 0 Å². The number of pyridine rings is 1. The summed E-state index contributed by atoms with van der Waals surface area (Å²) < 4.78 is 1.05. The first-order chi connectivity index (χ1) is 8.04. The molecule has 2 rings (SSSR count). The van der Waals surface area contributed by atoms with Gasteiger partial charge in [-0.3, -0.25) is 14.3 Å². The van der Waals surface area contributed by atoms with Crippen molar-refractivity contribution in [2.45, 2.75) is 13.3 Å². The van der Waals surface area contributed by atoms with Gasteiger partial charge in [0.1, 0.15) is 0 Å². The van der Waals surface area contributed by atoms with Gasteiger partial charge in [0.25, 0.3) is 5.56 Å². The molecule has 0 atom stereocenters. The summed E-state index contributed by atoms with van der Waals surface area (Å²) in [7, 11) is 1.44. The number of nitrogens with one attached hydrogen (secondary N) is 1. The van der Waals surface area contributed by atoms with Crippen molar-refractivity contribution in [2.24, 2.45) is 7.05 Å². The Balaban J connectivity index is 3.01. The average Bonchev–Trinajstić information content (AvgIpc) is 2.25. The van der Waals surface area contributed by atoms with Gasteiger partial charge in [0.05, 0.1) is 16.6 Å². The molecule has 2 aromatic rings. The summed E-state index contributed by atoms with van der Waals surface area (Å²) in [6.07, 6.45) is 2.19. The molecule has 5 nitrogen and oxygen atoms in total. The third-order valence-electron chi connectivity index (χ3n) is 2.62. The highest BCUT2D eigenvalue weighted by Crippen LogP contribution is 2.12. The Labute approximate surface area is 97.4 Å². The minimum Gasteiger partial charge on any atom is -0.307 e. The van der Waals surface area contributed by atoms with Crippen LogP contribution in [0.15, 0.2) is 28.3 Å². The molecule has 0 saturated heterocycles. The van der Waals surface area contributed by atoms with E-state index in [9.17, 15) is 9.59 Å². The van der Waals surface area contributed by atoms with Crippen LogP contribution in [-0.2, 0) is 13.5 Å². The molecule has 17 heavy (non-hydrogen) atoms. The largest absolute Gasteiger partial charge is 0.328 e. The van der Waals surface area contributed by atoms with Crippen molar-refractivity contribution in [1.29, 1.82) is 0 Å². The maximum Gasteiger partial charge on any atom is 0.328 e. The van der Waals surface area contributed by atoms with Crippen LogP contribution in [0.25, 0.3) is 10.9 Å². The van der Waals surface area contributed by atoms with Gasteiger partial charge >= 0.3 is 5.69 Å². The fourth-order valence-electron chi connectivity index (χ4n) is 1.82. The molecule has 0 aromatic carbocycles. The average molecular weight is 231 g/mol. The zero-order chi connectivity index (χ0) is 12.6. The Bertz CT molecular complexity index is 710. The van der Waals surface area contributed by atoms with Gasteiger partial charge in [-0.25, -0.2) is 4.79 Å². The van der Waals surface area contributed by atoms with E-state index in [1.165, 1.54) is 7.05 Å². The Morgan fingerprint density at radius 1 is 1.53 bits per heavy atom. The van der Waals surface area contributed by atoms with Crippen LogP contribution in [0.4, 0.5) is 0 Å². The Hall–Kier alpha value is -2.17. The highest BCUT2D eigenvalue weighted by molar-refractivity contribution is 5.80. The third-order valence-corrected chi connectivity index (χ3v) is 2.62. The van der Waals surface area contributed by atoms with Crippen molar-refractivity contribution in [2.75, 3.05) is 0 Å². The minimum atomic E-state index is -0.419. The number of H-pyrrole nitrogens is 1. The number of hydrogen-bond donors (Lipinski definition) is 1. The first-order valence-electron chi connectivity index (χ1n) is 5.25. The smallest absolute Gasteiger partial charge is 0.307 e. The summed E-state index contributed by atoms with van der Waals surface area (Å²) in [6.45, 7) is 5.46. The molecule has 1 N–H and O–H groups in total. The van der Waals surface area contributed by atoms with Crippen molar-refractivity contribution in [3.05, 3.63) is 50.9 Å². The fraction of sp³-hybridized carbons (Fsp3) is 0.250. The van der Waals surface area contributed by atoms with E-state index in [0.29, 0.717) is 23.0 Å². The van der Waals surface area contributed by atoms with Crippen molar-refractivity contribution in [1.82, 2.24) is 14.5 Å². The van der Waals surface area contributed by atoms with E-state index in [2.05, 4.69) is 16.5 Å². The Morgan fingerprint density at radius 2 is 2.24 bits per heavy atom. The van der Waals surface area contributed by atoms with E-state index in [-0.39, 0.29) is 5.56 Å². The lowest BCUT2D eigenvalue weighted by molar-refractivity contribution is 0.790. The van der Waals surface area contributed by atoms with E-state index < -0.39 is 5.69 Å². The molecule has 0 amide bonds. The zero-order valence-electron chi connectivity index (χ0n) is 9.78. The zero-order valence-corrected chi connectivity index (χ0v) is 9.78. The summed E-state index contributed by atoms with van der Waals surface area (Å²) in [6, 6.07) is 1.70. The summed E-state index contributed by atoms with van der Waals surface area (Å²) >= 11 is 0. The van der Waals surface area contributed by atoms with Crippen LogP contribution in [-0.4, -0.2) is 14.5 Å². The molecular formula is C12H13N3O2. The normalized spacial score (nSPS) is 10.7. The van der Waals surface area contributed by atoms with Gasteiger partial charge in [0, 0.05) is 19.2 Å². The maximum absolute atomic E-state index is 12.0. The lowest BCUT2D eigenvalue weighted by Gasteiger charge is -2.06. The van der Waals surface area contributed by atoms with Gasteiger partial charge in [-0.05, 0) is 13.0 Å². The van der Waals surface area contributed by atoms with Gasteiger partial charge < -0.3 is 4.98 Å².